The Hall–Kier alpha value is -2.03. The maximum absolute atomic E-state index is 12.2. The molecule has 45 heavy (non-hydrogen) atoms. The van der Waals surface area contributed by atoms with Crippen molar-refractivity contribution in [1.82, 2.24) is 0 Å². The van der Waals surface area contributed by atoms with Gasteiger partial charge < -0.3 is 24.4 Å². The standard InChI is InChI=1S/C35H61O9P/c1-3-5-7-9-11-12-16-21-25-29-35(38)44-33(31-43-45(39,40)41)30-42-34(37)28-24-20-17-13-15-19-23-27-32(36)26-22-18-14-10-8-6-4-2/h13-14,17-19,22-23,26,32-33,36H,3-12,15-16,20-21,24-25,27-31H2,1-2H3,(H2,39,40,41)/b17-13+,18-14-,23-19-,26-22-/t32-,33-/m1/s1. The largest absolute Gasteiger partial charge is 0.469 e. The Morgan fingerprint density at radius 1 is 0.689 bits per heavy atom. The lowest BCUT2D eigenvalue weighted by molar-refractivity contribution is -0.161. The summed E-state index contributed by atoms with van der Waals surface area (Å²) < 4.78 is 26.1. The van der Waals surface area contributed by atoms with Crippen molar-refractivity contribution in [3.05, 3.63) is 48.6 Å². The number of aliphatic hydroxyl groups is 1. The summed E-state index contributed by atoms with van der Waals surface area (Å²) in [5.74, 6) is -0.999. The average Bonchev–Trinajstić information content (AvgIpc) is 2.99. The molecule has 0 fully saturated rings. The summed E-state index contributed by atoms with van der Waals surface area (Å²) in [7, 11) is -4.77. The van der Waals surface area contributed by atoms with E-state index in [2.05, 4.69) is 24.4 Å². The summed E-state index contributed by atoms with van der Waals surface area (Å²) >= 11 is 0. The Morgan fingerprint density at radius 3 is 1.98 bits per heavy atom. The fourth-order valence-corrected chi connectivity index (χ4v) is 4.69. The molecule has 2 atom stereocenters. The van der Waals surface area contributed by atoms with Crippen molar-refractivity contribution in [1.29, 1.82) is 0 Å². The summed E-state index contributed by atoms with van der Waals surface area (Å²) in [6.07, 6.45) is 31.6. The van der Waals surface area contributed by atoms with Gasteiger partial charge in [-0.25, -0.2) is 4.57 Å². The van der Waals surface area contributed by atoms with Crippen LogP contribution in [-0.4, -0.2) is 52.3 Å². The molecular formula is C35H61O9P. The van der Waals surface area contributed by atoms with E-state index < -0.39 is 38.6 Å². The van der Waals surface area contributed by atoms with Gasteiger partial charge in [0.25, 0.3) is 0 Å². The number of phosphoric acid groups is 1. The molecule has 0 rings (SSSR count). The highest BCUT2D eigenvalue weighted by atomic mass is 31.2. The first-order valence-electron chi connectivity index (χ1n) is 17.0. The van der Waals surface area contributed by atoms with E-state index in [4.69, 9.17) is 19.3 Å². The van der Waals surface area contributed by atoms with Gasteiger partial charge in [0.15, 0.2) is 6.10 Å². The number of carbonyl (C=O) groups is 2. The van der Waals surface area contributed by atoms with Crippen molar-refractivity contribution in [2.45, 2.75) is 148 Å². The van der Waals surface area contributed by atoms with Gasteiger partial charge in [0.2, 0.25) is 0 Å². The van der Waals surface area contributed by atoms with Crippen LogP contribution in [0.15, 0.2) is 48.6 Å². The van der Waals surface area contributed by atoms with E-state index in [9.17, 15) is 19.3 Å². The van der Waals surface area contributed by atoms with Crippen LogP contribution in [0.1, 0.15) is 136 Å². The van der Waals surface area contributed by atoms with Crippen molar-refractivity contribution in [3.63, 3.8) is 0 Å². The van der Waals surface area contributed by atoms with Crippen LogP contribution in [0.2, 0.25) is 0 Å². The Balaban J connectivity index is 4.18. The quantitative estimate of drug-likeness (QED) is 0.0228. The van der Waals surface area contributed by atoms with Gasteiger partial charge in [-0.3, -0.25) is 14.1 Å². The van der Waals surface area contributed by atoms with Gasteiger partial charge in [0.1, 0.15) is 6.61 Å². The van der Waals surface area contributed by atoms with Gasteiger partial charge in [-0.15, -0.1) is 0 Å². The average molecular weight is 657 g/mol. The zero-order chi connectivity index (χ0) is 33.4. The first kappa shape index (κ1) is 43.0. The number of hydrogen-bond acceptors (Lipinski definition) is 7. The van der Waals surface area contributed by atoms with Gasteiger partial charge in [-0.2, -0.15) is 0 Å². The second-order valence-corrected chi connectivity index (χ2v) is 12.6. The molecule has 0 bridgehead atoms. The number of aliphatic hydroxyl groups excluding tert-OH is 1. The molecule has 0 amide bonds. The van der Waals surface area contributed by atoms with Crippen LogP contribution in [-0.2, 0) is 28.2 Å². The van der Waals surface area contributed by atoms with Crippen LogP contribution in [0.3, 0.4) is 0 Å². The number of unbranched alkanes of at least 4 members (excludes halogenated alkanes) is 12. The third kappa shape index (κ3) is 33.2. The van der Waals surface area contributed by atoms with Crippen LogP contribution in [0.5, 0.6) is 0 Å². The predicted octanol–water partition coefficient (Wildman–Crippen LogP) is 8.59. The minimum absolute atomic E-state index is 0.157. The Labute approximate surface area is 272 Å². The predicted molar refractivity (Wildman–Crippen MR) is 180 cm³/mol. The fraction of sp³-hybridized carbons (Fsp3) is 0.714. The van der Waals surface area contributed by atoms with E-state index in [-0.39, 0.29) is 19.4 Å². The van der Waals surface area contributed by atoms with Crippen LogP contribution in [0.25, 0.3) is 0 Å². The molecule has 3 N–H and O–H groups in total. The minimum Gasteiger partial charge on any atom is -0.462 e. The molecule has 9 nitrogen and oxygen atoms in total. The highest BCUT2D eigenvalue weighted by Gasteiger charge is 2.22. The fourth-order valence-electron chi connectivity index (χ4n) is 4.33. The summed E-state index contributed by atoms with van der Waals surface area (Å²) in [5.41, 5.74) is 0. The van der Waals surface area contributed by atoms with E-state index in [0.29, 0.717) is 25.7 Å². The molecule has 0 aliphatic heterocycles. The molecule has 0 radical (unpaired) electrons. The molecule has 0 saturated carbocycles. The topological polar surface area (TPSA) is 140 Å². The second kappa shape index (κ2) is 30.6. The normalized spacial score (nSPS) is 13.8. The zero-order valence-electron chi connectivity index (χ0n) is 27.9. The van der Waals surface area contributed by atoms with Gasteiger partial charge in [0.05, 0.1) is 12.7 Å². The molecule has 0 spiro atoms. The molecular weight excluding hydrogens is 595 g/mol. The first-order valence-corrected chi connectivity index (χ1v) is 18.6. The van der Waals surface area contributed by atoms with E-state index in [0.717, 1.165) is 32.1 Å². The summed E-state index contributed by atoms with van der Waals surface area (Å²) in [4.78, 5) is 42.4. The molecule has 0 aromatic rings. The van der Waals surface area contributed by atoms with Crippen molar-refractivity contribution < 1.29 is 43.0 Å². The highest BCUT2D eigenvalue weighted by molar-refractivity contribution is 7.46. The summed E-state index contributed by atoms with van der Waals surface area (Å²) in [6.45, 7) is 3.47. The molecule has 260 valence electrons. The number of rotatable bonds is 30. The van der Waals surface area contributed by atoms with Gasteiger partial charge in [-0.1, -0.05) is 127 Å². The monoisotopic (exact) mass is 656 g/mol. The lowest BCUT2D eigenvalue weighted by Crippen LogP contribution is -2.29. The van der Waals surface area contributed by atoms with Gasteiger partial charge in [0, 0.05) is 12.8 Å². The molecule has 0 unspecified atom stereocenters. The smallest absolute Gasteiger partial charge is 0.462 e. The summed E-state index contributed by atoms with van der Waals surface area (Å²) in [5, 5.41) is 9.99. The van der Waals surface area contributed by atoms with Crippen LogP contribution in [0.4, 0.5) is 0 Å². The Morgan fingerprint density at radius 2 is 1.29 bits per heavy atom. The molecule has 0 aromatic heterocycles. The van der Waals surface area contributed by atoms with Crippen LogP contribution in [0, 0.1) is 0 Å². The van der Waals surface area contributed by atoms with Gasteiger partial charge in [-0.05, 0) is 44.9 Å². The molecule has 10 heteroatoms. The highest BCUT2D eigenvalue weighted by Crippen LogP contribution is 2.35. The van der Waals surface area contributed by atoms with E-state index in [1.54, 1.807) is 6.08 Å². The number of ether oxygens (including phenoxy) is 2. The number of carbonyl (C=O) groups excluding carboxylic acids is 2. The van der Waals surface area contributed by atoms with Crippen molar-refractivity contribution in [3.8, 4) is 0 Å². The second-order valence-electron chi connectivity index (χ2n) is 11.3. The Kier molecular flexibility index (Phi) is 29.2. The molecule has 0 heterocycles. The minimum atomic E-state index is -4.77. The SMILES string of the molecule is CCCCC/C=C\C=C/[C@@H](O)C/C=C\C/C=C/CCCC(=O)OC[C@H](COP(=O)(O)O)OC(=O)CCCCCCCCCCC. The molecule has 0 aliphatic rings. The molecule has 0 aromatic carbocycles. The lowest BCUT2D eigenvalue weighted by Gasteiger charge is -2.18. The van der Waals surface area contributed by atoms with E-state index >= 15 is 0 Å². The zero-order valence-corrected chi connectivity index (χ0v) is 28.8. The van der Waals surface area contributed by atoms with Crippen molar-refractivity contribution >= 4 is 19.8 Å². The maximum atomic E-state index is 12.2. The Bertz CT molecular complexity index is 892. The molecule has 0 saturated heterocycles. The van der Waals surface area contributed by atoms with Crippen LogP contribution < -0.4 is 0 Å². The van der Waals surface area contributed by atoms with Crippen LogP contribution >= 0.6 is 7.82 Å². The summed E-state index contributed by atoms with van der Waals surface area (Å²) in [6, 6.07) is 0. The number of phosphoric ester groups is 1. The third-order valence-corrected chi connectivity index (χ3v) is 7.42. The molecule has 0 aliphatic carbocycles. The van der Waals surface area contributed by atoms with E-state index in [1.807, 2.05) is 36.5 Å². The maximum Gasteiger partial charge on any atom is 0.469 e. The number of allylic oxidation sites excluding steroid dienone is 6. The van der Waals surface area contributed by atoms with Crippen molar-refractivity contribution in [2.24, 2.45) is 0 Å². The van der Waals surface area contributed by atoms with Crippen molar-refractivity contribution in [2.75, 3.05) is 13.2 Å². The third-order valence-electron chi connectivity index (χ3n) is 6.93. The number of hydrogen-bond donors (Lipinski definition) is 3. The van der Waals surface area contributed by atoms with E-state index in [1.165, 1.54) is 51.4 Å². The van der Waals surface area contributed by atoms with Gasteiger partial charge >= 0.3 is 19.8 Å². The lowest BCUT2D eigenvalue weighted by atomic mass is 10.1. The number of esters is 2. The first-order chi connectivity index (χ1) is 21.7.